The lowest BCUT2D eigenvalue weighted by atomic mass is 10.2. The molecule has 0 saturated carbocycles. The van der Waals surface area contributed by atoms with Crippen molar-refractivity contribution in [3.8, 4) is 0 Å². The van der Waals surface area contributed by atoms with Gasteiger partial charge in [-0.05, 0) is 19.3 Å². The number of ether oxygens (including phenoxy) is 1. The summed E-state index contributed by atoms with van der Waals surface area (Å²) in [5.41, 5.74) is 5.76. The smallest absolute Gasteiger partial charge is 0.231 e. The molecule has 1 aliphatic rings. The minimum atomic E-state index is 0.179. The molecule has 1 aromatic rings. The highest BCUT2D eigenvalue weighted by Gasteiger charge is 2.17. The van der Waals surface area contributed by atoms with Crippen molar-refractivity contribution in [2.24, 2.45) is 0 Å². The van der Waals surface area contributed by atoms with Crippen LogP contribution in [0.2, 0.25) is 0 Å². The van der Waals surface area contributed by atoms with Gasteiger partial charge in [0.15, 0.2) is 0 Å². The van der Waals surface area contributed by atoms with Gasteiger partial charge in [0.25, 0.3) is 0 Å². The van der Waals surface area contributed by atoms with E-state index >= 15 is 0 Å². The van der Waals surface area contributed by atoms with Gasteiger partial charge in [0.2, 0.25) is 17.8 Å². The van der Waals surface area contributed by atoms with E-state index in [1.54, 1.807) is 7.11 Å². The fourth-order valence-corrected chi connectivity index (χ4v) is 2.15. The minimum absolute atomic E-state index is 0.179. The second-order valence-electron chi connectivity index (χ2n) is 4.72. The Bertz CT molecular complexity index is 407. The van der Waals surface area contributed by atoms with Gasteiger partial charge in [0.05, 0.1) is 12.6 Å². The SMILES string of the molecule is CCC(COC)Nc1nc(N)nc(N2CCCC2)n1. The van der Waals surface area contributed by atoms with E-state index in [1.807, 2.05) is 0 Å². The Morgan fingerprint density at radius 2 is 2.05 bits per heavy atom. The van der Waals surface area contributed by atoms with Crippen molar-refractivity contribution in [3.63, 3.8) is 0 Å². The molecule has 2 heterocycles. The second kappa shape index (κ2) is 6.51. The van der Waals surface area contributed by atoms with Crippen LogP contribution in [0.5, 0.6) is 0 Å². The van der Waals surface area contributed by atoms with E-state index in [9.17, 15) is 0 Å². The highest BCUT2D eigenvalue weighted by Crippen LogP contribution is 2.18. The van der Waals surface area contributed by atoms with Gasteiger partial charge in [0, 0.05) is 20.2 Å². The van der Waals surface area contributed by atoms with Gasteiger partial charge < -0.3 is 20.7 Å². The zero-order valence-corrected chi connectivity index (χ0v) is 11.6. The van der Waals surface area contributed by atoms with Gasteiger partial charge >= 0.3 is 0 Å². The summed E-state index contributed by atoms with van der Waals surface area (Å²) in [7, 11) is 1.68. The highest BCUT2D eigenvalue weighted by atomic mass is 16.5. The molecule has 1 fully saturated rings. The molecule has 0 radical (unpaired) electrons. The summed E-state index contributed by atoms with van der Waals surface area (Å²) < 4.78 is 5.15. The molecule has 1 unspecified atom stereocenters. The summed E-state index contributed by atoms with van der Waals surface area (Å²) >= 11 is 0. The number of hydrogen-bond acceptors (Lipinski definition) is 7. The third-order valence-electron chi connectivity index (χ3n) is 3.22. The first-order valence-electron chi connectivity index (χ1n) is 6.75. The van der Waals surface area contributed by atoms with Crippen LogP contribution in [-0.4, -0.2) is 47.8 Å². The maximum absolute atomic E-state index is 5.76. The van der Waals surface area contributed by atoms with Crippen molar-refractivity contribution >= 4 is 17.8 Å². The number of aromatic nitrogens is 3. The normalized spacial score (nSPS) is 16.6. The van der Waals surface area contributed by atoms with Crippen LogP contribution < -0.4 is 16.0 Å². The zero-order chi connectivity index (χ0) is 13.7. The molecule has 0 amide bonds. The molecule has 106 valence electrons. The van der Waals surface area contributed by atoms with Crippen molar-refractivity contribution in [2.45, 2.75) is 32.2 Å². The Morgan fingerprint density at radius 3 is 2.68 bits per heavy atom. The summed E-state index contributed by atoms with van der Waals surface area (Å²) in [5, 5.41) is 3.24. The summed E-state index contributed by atoms with van der Waals surface area (Å²) in [5.74, 6) is 1.45. The fourth-order valence-electron chi connectivity index (χ4n) is 2.15. The number of nitrogens with one attached hydrogen (secondary N) is 1. The van der Waals surface area contributed by atoms with Gasteiger partial charge in [-0.25, -0.2) is 0 Å². The van der Waals surface area contributed by atoms with E-state index in [1.165, 1.54) is 12.8 Å². The first-order chi connectivity index (χ1) is 9.22. The monoisotopic (exact) mass is 266 g/mol. The molecule has 1 atom stereocenters. The van der Waals surface area contributed by atoms with E-state index < -0.39 is 0 Å². The number of nitrogen functional groups attached to an aromatic ring is 1. The maximum atomic E-state index is 5.76. The van der Waals surface area contributed by atoms with Crippen LogP contribution in [0.3, 0.4) is 0 Å². The molecule has 1 aliphatic heterocycles. The minimum Gasteiger partial charge on any atom is -0.383 e. The molecule has 7 heteroatoms. The van der Waals surface area contributed by atoms with Crippen LogP contribution in [0.25, 0.3) is 0 Å². The molecule has 1 aromatic heterocycles. The highest BCUT2D eigenvalue weighted by molar-refractivity contribution is 5.42. The first kappa shape index (κ1) is 13.8. The molecular formula is C12H22N6O. The average molecular weight is 266 g/mol. The first-order valence-corrected chi connectivity index (χ1v) is 6.75. The van der Waals surface area contributed by atoms with Gasteiger partial charge in [-0.1, -0.05) is 6.92 Å². The Labute approximate surface area is 113 Å². The molecular weight excluding hydrogens is 244 g/mol. The van der Waals surface area contributed by atoms with Crippen LogP contribution in [0.1, 0.15) is 26.2 Å². The average Bonchev–Trinajstić information content (AvgIpc) is 2.91. The molecule has 0 spiro atoms. The van der Waals surface area contributed by atoms with Gasteiger partial charge in [-0.3, -0.25) is 0 Å². The predicted octanol–water partition coefficient (Wildman–Crippen LogP) is 0.891. The summed E-state index contributed by atoms with van der Waals surface area (Å²) in [4.78, 5) is 14.9. The van der Waals surface area contributed by atoms with Crippen molar-refractivity contribution in [1.82, 2.24) is 15.0 Å². The second-order valence-corrected chi connectivity index (χ2v) is 4.72. The van der Waals surface area contributed by atoms with Crippen LogP contribution in [-0.2, 0) is 4.74 Å². The largest absolute Gasteiger partial charge is 0.383 e. The van der Waals surface area contributed by atoms with Crippen molar-refractivity contribution in [3.05, 3.63) is 0 Å². The van der Waals surface area contributed by atoms with Gasteiger partial charge in [0.1, 0.15) is 0 Å². The maximum Gasteiger partial charge on any atom is 0.231 e. The lowest BCUT2D eigenvalue weighted by molar-refractivity contribution is 0.184. The lowest BCUT2D eigenvalue weighted by Gasteiger charge is -2.19. The summed E-state index contributed by atoms with van der Waals surface area (Å²) in [6.45, 7) is 4.67. The summed E-state index contributed by atoms with van der Waals surface area (Å²) in [6, 6.07) is 0.179. The Kier molecular flexibility index (Phi) is 4.73. The van der Waals surface area contributed by atoms with E-state index in [0.717, 1.165) is 19.5 Å². The number of rotatable bonds is 6. The molecule has 19 heavy (non-hydrogen) atoms. The standard InChI is InChI=1S/C12H22N6O/c1-3-9(8-19-2)14-11-15-10(13)16-12(17-11)18-6-4-5-7-18/h9H,3-8H2,1-2H3,(H3,13,14,15,16,17). The van der Waals surface area contributed by atoms with Crippen LogP contribution in [0, 0.1) is 0 Å². The predicted molar refractivity (Wildman–Crippen MR) is 75.3 cm³/mol. The van der Waals surface area contributed by atoms with Crippen molar-refractivity contribution in [2.75, 3.05) is 42.8 Å². The Morgan fingerprint density at radius 1 is 1.32 bits per heavy atom. The zero-order valence-electron chi connectivity index (χ0n) is 11.6. The van der Waals surface area contributed by atoms with Crippen molar-refractivity contribution in [1.29, 1.82) is 0 Å². The third kappa shape index (κ3) is 3.66. The topological polar surface area (TPSA) is 89.2 Å². The fraction of sp³-hybridized carbons (Fsp3) is 0.750. The number of anilines is 3. The lowest BCUT2D eigenvalue weighted by Crippen LogP contribution is -2.27. The third-order valence-corrected chi connectivity index (χ3v) is 3.22. The van der Waals surface area contributed by atoms with E-state index in [2.05, 4.69) is 32.1 Å². The van der Waals surface area contributed by atoms with E-state index in [4.69, 9.17) is 10.5 Å². The molecule has 2 rings (SSSR count). The van der Waals surface area contributed by atoms with Crippen LogP contribution >= 0.6 is 0 Å². The van der Waals surface area contributed by atoms with E-state index in [0.29, 0.717) is 18.5 Å². The van der Waals surface area contributed by atoms with Gasteiger partial charge in [-0.15, -0.1) is 0 Å². The van der Waals surface area contributed by atoms with E-state index in [-0.39, 0.29) is 12.0 Å². The number of nitrogens with zero attached hydrogens (tertiary/aromatic N) is 4. The molecule has 1 saturated heterocycles. The number of nitrogens with two attached hydrogens (primary N) is 1. The molecule has 7 nitrogen and oxygen atoms in total. The Hall–Kier alpha value is -1.63. The molecule has 0 aliphatic carbocycles. The molecule has 0 aromatic carbocycles. The number of hydrogen-bond donors (Lipinski definition) is 2. The van der Waals surface area contributed by atoms with Crippen LogP contribution in [0.15, 0.2) is 0 Å². The Balaban J connectivity index is 2.11. The van der Waals surface area contributed by atoms with Crippen LogP contribution in [0.4, 0.5) is 17.8 Å². The summed E-state index contributed by atoms with van der Waals surface area (Å²) in [6.07, 6.45) is 3.28. The van der Waals surface area contributed by atoms with Crippen molar-refractivity contribution < 1.29 is 4.74 Å². The number of methoxy groups -OCH3 is 1. The van der Waals surface area contributed by atoms with Gasteiger partial charge in [-0.2, -0.15) is 15.0 Å². The molecule has 3 N–H and O–H groups in total. The quantitative estimate of drug-likeness (QED) is 0.790. The molecule has 0 bridgehead atoms.